The van der Waals surface area contributed by atoms with Gasteiger partial charge in [-0.1, -0.05) is 47.6 Å². The number of ether oxygens (including phenoxy) is 2. The van der Waals surface area contributed by atoms with E-state index in [-0.39, 0.29) is 35.9 Å². The zero-order chi connectivity index (χ0) is 30.4. The number of amidine groups is 1. The molecule has 1 heterocycles. The number of esters is 1. The molecule has 0 saturated heterocycles. The molecular formula is C29H35F3N2O6. The van der Waals surface area contributed by atoms with Gasteiger partial charge in [-0.05, 0) is 47.6 Å². The Morgan fingerprint density at radius 2 is 1.57 bits per heavy atom. The highest BCUT2D eigenvalue weighted by atomic mass is 19.4. The third-order valence-corrected chi connectivity index (χ3v) is 6.53. The van der Waals surface area contributed by atoms with E-state index >= 15 is 0 Å². The van der Waals surface area contributed by atoms with Crippen LogP contribution in [0.3, 0.4) is 0 Å². The molecular weight excluding hydrogens is 529 g/mol. The Bertz CT molecular complexity index is 1290. The molecule has 2 unspecified atom stereocenters. The third-order valence-electron chi connectivity index (χ3n) is 6.53. The number of nitrogens with one attached hydrogen (secondary N) is 1. The summed E-state index contributed by atoms with van der Waals surface area (Å²) < 4.78 is 50.2. The molecule has 0 bridgehead atoms. The van der Waals surface area contributed by atoms with Gasteiger partial charge in [-0.2, -0.15) is 13.2 Å². The number of carbonyl (C=O) groups is 2. The van der Waals surface area contributed by atoms with Crippen LogP contribution in [-0.2, 0) is 26.9 Å². The van der Waals surface area contributed by atoms with E-state index in [1.807, 2.05) is 41.5 Å². The van der Waals surface area contributed by atoms with Crippen LogP contribution in [0.15, 0.2) is 30.3 Å². The minimum absolute atomic E-state index is 0.0358. The Morgan fingerprint density at radius 3 is 2.05 bits per heavy atom. The van der Waals surface area contributed by atoms with Gasteiger partial charge in [-0.3, -0.25) is 10.2 Å². The molecule has 0 amide bonds. The summed E-state index contributed by atoms with van der Waals surface area (Å²) in [5, 5.41) is 29.0. The highest BCUT2D eigenvalue weighted by Crippen LogP contribution is 2.40. The molecule has 2 aromatic carbocycles. The topological polar surface area (TPSA) is 120 Å². The zero-order valence-electron chi connectivity index (χ0n) is 23.6. The van der Waals surface area contributed by atoms with Crippen molar-refractivity contribution in [1.82, 2.24) is 4.90 Å². The molecule has 40 heavy (non-hydrogen) atoms. The molecule has 0 radical (unpaired) electrons. The number of aromatic hydroxyl groups is 1. The SMILES string of the molecule is CC(CO)Oc1ccc2c(c1)C(=N)N(C(OC(=O)C(F)(F)F)C(=O)c1cc(C(C)(C)C)c(O)c(C(C)(C)C)c1)C2. The lowest BCUT2D eigenvalue weighted by Crippen LogP contribution is -2.46. The first-order valence-electron chi connectivity index (χ1n) is 12.7. The predicted octanol–water partition coefficient (Wildman–Crippen LogP) is 5.20. The number of hydrogen-bond donors (Lipinski definition) is 3. The Morgan fingerprint density at radius 1 is 1.02 bits per heavy atom. The van der Waals surface area contributed by atoms with Crippen molar-refractivity contribution in [2.45, 2.75) is 84.3 Å². The van der Waals surface area contributed by atoms with Crippen molar-refractivity contribution in [3.05, 3.63) is 58.1 Å². The molecule has 3 rings (SSSR count). The largest absolute Gasteiger partial charge is 0.507 e. The Kier molecular flexibility index (Phi) is 8.32. The van der Waals surface area contributed by atoms with Crippen molar-refractivity contribution < 1.29 is 42.4 Å². The number of phenols is 1. The van der Waals surface area contributed by atoms with Crippen molar-refractivity contribution in [3.8, 4) is 11.5 Å². The Labute approximate surface area is 231 Å². The molecule has 0 fully saturated rings. The number of alkyl halides is 3. The first kappa shape index (κ1) is 30.9. The minimum Gasteiger partial charge on any atom is -0.507 e. The molecule has 1 aliphatic heterocycles. The lowest BCUT2D eigenvalue weighted by Gasteiger charge is -2.31. The predicted molar refractivity (Wildman–Crippen MR) is 142 cm³/mol. The normalized spacial score (nSPS) is 15.5. The van der Waals surface area contributed by atoms with E-state index in [9.17, 15) is 33.0 Å². The standard InChI is InChI=1S/C29H35F3N2O6/c1-15(14-35)39-18-9-8-16-13-34(24(33)19(16)12-18)25(40-26(38)29(30,31)32)22(36)17-10-20(27(2,3)4)23(37)21(11-17)28(5,6)7/h8-12,15,25,33,35,37H,13-14H2,1-7H3. The van der Waals surface area contributed by atoms with Gasteiger partial charge in [0.2, 0.25) is 12.0 Å². The van der Waals surface area contributed by atoms with Crippen LogP contribution in [0, 0.1) is 5.41 Å². The molecule has 1 aliphatic rings. The highest BCUT2D eigenvalue weighted by molar-refractivity contribution is 6.07. The number of fused-ring (bicyclic) bond motifs is 1. The second-order valence-corrected chi connectivity index (χ2v) is 11.9. The van der Waals surface area contributed by atoms with E-state index in [2.05, 4.69) is 0 Å². The average Bonchev–Trinajstić information content (AvgIpc) is 3.15. The van der Waals surface area contributed by atoms with E-state index < -0.39 is 41.1 Å². The summed E-state index contributed by atoms with van der Waals surface area (Å²) in [6.45, 7) is 12.1. The molecule has 2 aromatic rings. The number of Topliss-reactive ketones (excluding diaryl/α,β-unsaturated/α-hetero) is 1. The molecule has 0 aliphatic carbocycles. The van der Waals surface area contributed by atoms with Crippen LogP contribution in [0.25, 0.3) is 0 Å². The van der Waals surface area contributed by atoms with Crippen molar-refractivity contribution in [3.63, 3.8) is 0 Å². The molecule has 8 nitrogen and oxygen atoms in total. The molecule has 0 saturated carbocycles. The average molecular weight is 565 g/mol. The highest BCUT2D eigenvalue weighted by Gasteiger charge is 2.46. The first-order chi connectivity index (χ1) is 18.3. The fourth-order valence-electron chi connectivity index (χ4n) is 4.36. The second kappa shape index (κ2) is 10.8. The van der Waals surface area contributed by atoms with Crippen molar-refractivity contribution in [2.75, 3.05) is 6.61 Å². The zero-order valence-corrected chi connectivity index (χ0v) is 23.6. The number of hydrogen-bond acceptors (Lipinski definition) is 7. The monoisotopic (exact) mass is 564 g/mol. The Hall–Kier alpha value is -3.60. The van der Waals surface area contributed by atoms with Gasteiger partial charge in [0.1, 0.15) is 23.4 Å². The summed E-state index contributed by atoms with van der Waals surface area (Å²) in [7, 11) is 0. The Balaban J connectivity index is 2.12. The van der Waals surface area contributed by atoms with Gasteiger partial charge in [0, 0.05) is 28.8 Å². The lowest BCUT2D eigenvalue weighted by atomic mass is 9.78. The van der Waals surface area contributed by atoms with Crippen LogP contribution in [-0.4, -0.2) is 57.8 Å². The van der Waals surface area contributed by atoms with Gasteiger partial charge >= 0.3 is 12.1 Å². The van der Waals surface area contributed by atoms with Crippen LogP contribution in [0.1, 0.15) is 81.1 Å². The van der Waals surface area contributed by atoms with Gasteiger partial charge < -0.3 is 24.6 Å². The van der Waals surface area contributed by atoms with Gasteiger partial charge in [0.05, 0.1) is 6.61 Å². The number of halogens is 3. The summed E-state index contributed by atoms with van der Waals surface area (Å²) in [5.74, 6) is -3.61. The van der Waals surface area contributed by atoms with E-state index in [1.165, 1.54) is 18.2 Å². The van der Waals surface area contributed by atoms with Gasteiger partial charge in [0.15, 0.2) is 0 Å². The number of carbonyl (C=O) groups excluding carboxylic acids is 2. The molecule has 11 heteroatoms. The number of aliphatic hydroxyl groups is 1. The third kappa shape index (κ3) is 6.41. The summed E-state index contributed by atoms with van der Waals surface area (Å²) in [5.41, 5.74) is 0.213. The lowest BCUT2D eigenvalue weighted by molar-refractivity contribution is -0.207. The quantitative estimate of drug-likeness (QED) is 0.312. The fraction of sp³-hybridized carbons (Fsp3) is 0.483. The van der Waals surface area contributed by atoms with Gasteiger partial charge in [0.25, 0.3) is 0 Å². The van der Waals surface area contributed by atoms with Gasteiger partial charge in [-0.25, -0.2) is 4.79 Å². The fourth-order valence-corrected chi connectivity index (χ4v) is 4.36. The van der Waals surface area contributed by atoms with Crippen LogP contribution >= 0.6 is 0 Å². The summed E-state index contributed by atoms with van der Waals surface area (Å²) in [6.07, 6.45) is -8.04. The number of rotatable bonds is 7. The van der Waals surface area contributed by atoms with Gasteiger partial charge in [-0.15, -0.1) is 0 Å². The van der Waals surface area contributed by atoms with Crippen LogP contribution in [0.2, 0.25) is 0 Å². The second-order valence-electron chi connectivity index (χ2n) is 11.9. The number of ketones is 1. The number of nitrogens with zero attached hydrogens (tertiary/aromatic N) is 1. The summed E-state index contributed by atoms with van der Waals surface area (Å²) in [6, 6.07) is 7.41. The smallest absolute Gasteiger partial charge is 0.491 e. The maximum absolute atomic E-state index is 13.9. The molecule has 0 spiro atoms. The van der Waals surface area contributed by atoms with Crippen molar-refractivity contribution >= 4 is 17.6 Å². The van der Waals surface area contributed by atoms with Crippen molar-refractivity contribution in [1.29, 1.82) is 5.41 Å². The number of benzene rings is 2. The molecule has 0 aromatic heterocycles. The van der Waals surface area contributed by atoms with Crippen LogP contribution in [0.5, 0.6) is 11.5 Å². The first-order valence-corrected chi connectivity index (χ1v) is 12.7. The van der Waals surface area contributed by atoms with Crippen molar-refractivity contribution in [2.24, 2.45) is 0 Å². The summed E-state index contributed by atoms with van der Waals surface area (Å²) in [4.78, 5) is 26.9. The van der Waals surface area contributed by atoms with E-state index in [0.29, 0.717) is 22.4 Å². The summed E-state index contributed by atoms with van der Waals surface area (Å²) >= 11 is 0. The van der Waals surface area contributed by atoms with E-state index in [4.69, 9.17) is 14.9 Å². The molecule has 218 valence electrons. The maximum atomic E-state index is 13.9. The number of aliphatic hydroxyl groups excluding tert-OH is 1. The molecule has 2 atom stereocenters. The van der Waals surface area contributed by atoms with E-state index in [0.717, 1.165) is 4.90 Å². The van der Waals surface area contributed by atoms with Crippen LogP contribution < -0.4 is 4.74 Å². The van der Waals surface area contributed by atoms with Crippen LogP contribution in [0.4, 0.5) is 13.2 Å². The number of phenolic OH excluding ortho intramolecular Hbond substituents is 1. The maximum Gasteiger partial charge on any atom is 0.491 e. The van der Waals surface area contributed by atoms with E-state index in [1.54, 1.807) is 19.1 Å². The molecule has 3 N–H and O–H groups in total. The minimum atomic E-state index is -5.38.